The van der Waals surface area contributed by atoms with Crippen LogP contribution in [0.1, 0.15) is 65.7 Å². The second kappa shape index (κ2) is 6.25. The molecule has 1 aliphatic carbocycles. The number of nitriles is 1. The third-order valence-corrected chi connectivity index (χ3v) is 4.00. The Morgan fingerprint density at radius 1 is 1.38 bits per heavy atom. The van der Waals surface area contributed by atoms with Crippen molar-refractivity contribution in [2.75, 3.05) is 0 Å². The number of hydrogen-bond donors (Lipinski definition) is 1. The summed E-state index contributed by atoms with van der Waals surface area (Å²) in [6.07, 6.45) is 8.25. The molecule has 0 aliphatic heterocycles. The van der Waals surface area contributed by atoms with Gasteiger partial charge in [-0.1, -0.05) is 26.7 Å². The number of nitrogens with zero attached hydrogens (tertiary/aromatic N) is 1. The predicted molar refractivity (Wildman–Crippen MR) is 68.1 cm³/mol. The topological polar surface area (TPSA) is 35.8 Å². The minimum absolute atomic E-state index is 0.223. The van der Waals surface area contributed by atoms with Gasteiger partial charge in [-0.3, -0.25) is 5.32 Å². The molecule has 1 atom stereocenters. The number of hydrogen-bond acceptors (Lipinski definition) is 2. The molecule has 0 heterocycles. The van der Waals surface area contributed by atoms with Crippen molar-refractivity contribution in [3.05, 3.63) is 0 Å². The van der Waals surface area contributed by atoms with Gasteiger partial charge in [0.25, 0.3) is 0 Å². The van der Waals surface area contributed by atoms with Gasteiger partial charge in [-0.15, -0.1) is 0 Å². The van der Waals surface area contributed by atoms with E-state index in [2.05, 4.69) is 32.2 Å². The highest BCUT2D eigenvalue weighted by atomic mass is 15.0. The van der Waals surface area contributed by atoms with E-state index < -0.39 is 0 Å². The molecule has 0 bridgehead atoms. The Hall–Kier alpha value is -0.550. The fourth-order valence-corrected chi connectivity index (χ4v) is 2.73. The van der Waals surface area contributed by atoms with E-state index in [0.717, 1.165) is 25.2 Å². The molecule has 16 heavy (non-hydrogen) atoms. The highest BCUT2D eigenvalue weighted by Crippen LogP contribution is 2.34. The Morgan fingerprint density at radius 3 is 2.44 bits per heavy atom. The second-order valence-corrected chi connectivity index (χ2v) is 5.38. The summed E-state index contributed by atoms with van der Waals surface area (Å²) in [5.41, 5.74) is -0.223. The molecule has 0 spiro atoms. The van der Waals surface area contributed by atoms with Gasteiger partial charge in [0.15, 0.2) is 0 Å². The van der Waals surface area contributed by atoms with Crippen LogP contribution in [0.25, 0.3) is 0 Å². The van der Waals surface area contributed by atoms with E-state index in [0.29, 0.717) is 6.04 Å². The first-order valence-electron chi connectivity index (χ1n) is 6.84. The van der Waals surface area contributed by atoms with E-state index in [1.807, 2.05) is 0 Å². The molecule has 2 nitrogen and oxygen atoms in total. The van der Waals surface area contributed by atoms with Crippen LogP contribution in [-0.2, 0) is 0 Å². The lowest BCUT2D eigenvalue weighted by atomic mass is 9.75. The average molecular weight is 222 g/mol. The molecule has 0 saturated heterocycles. The van der Waals surface area contributed by atoms with Gasteiger partial charge in [-0.25, -0.2) is 0 Å². The minimum Gasteiger partial charge on any atom is -0.297 e. The van der Waals surface area contributed by atoms with Crippen LogP contribution in [0.2, 0.25) is 0 Å². The Kier molecular flexibility index (Phi) is 5.28. The monoisotopic (exact) mass is 222 g/mol. The number of rotatable bonds is 5. The van der Waals surface area contributed by atoms with Gasteiger partial charge < -0.3 is 0 Å². The first-order valence-corrected chi connectivity index (χ1v) is 6.84. The molecule has 1 saturated carbocycles. The zero-order valence-corrected chi connectivity index (χ0v) is 11.1. The lowest BCUT2D eigenvalue weighted by molar-refractivity contribution is 0.214. The third kappa shape index (κ3) is 3.49. The zero-order valence-electron chi connectivity index (χ0n) is 11.1. The lowest BCUT2D eigenvalue weighted by Crippen LogP contribution is -2.50. The average Bonchev–Trinajstić information content (AvgIpc) is 2.32. The van der Waals surface area contributed by atoms with E-state index in [1.54, 1.807) is 0 Å². The van der Waals surface area contributed by atoms with Crippen LogP contribution in [0.5, 0.6) is 0 Å². The molecule has 1 fully saturated rings. The summed E-state index contributed by atoms with van der Waals surface area (Å²) in [5, 5.41) is 12.9. The quantitative estimate of drug-likeness (QED) is 0.771. The Labute approximate surface area is 100 Å². The van der Waals surface area contributed by atoms with Crippen molar-refractivity contribution in [1.29, 1.82) is 5.26 Å². The summed E-state index contributed by atoms with van der Waals surface area (Å²) in [4.78, 5) is 0. The van der Waals surface area contributed by atoms with Gasteiger partial charge in [0.05, 0.1) is 6.07 Å². The van der Waals surface area contributed by atoms with Gasteiger partial charge in [-0.05, 0) is 44.9 Å². The maximum absolute atomic E-state index is 9.39. The highest BCUT2D eigenvalue weighted by Gasteiger charge is 2.35. The van der Waals surface area contributed by atoms with Crippen LogP contribution in [0, 0.1) is 17.2 Å². The van der Waals surface area contributed by atoms with Crippen molar-refractivity contribution in [1.82, 2.24) is 5.32 Å². The van der Waals surface area contributed by atoms with Crippen LogP contribution in [0.4, 0.5) is 0 Å². The van der Waals surface area contributed by atoms with Gasteiger partial charge in [-0.2, -0.15) is 5.26 Å². The smallest absolute Gasteiger partial charge is 0.106 e. The first-order chi connectivity index (χ1) is 7.65. The fourth-order valence-electron chi connectivity index (χ4n) is 2.73. The normalized spacial score (nSPS) is 32.0. The predicted octanol–water partition coefficient (Wildman–Crippen LogP) is 3.63. The van der Waals surface area contributed by atoms with Gasteiger partial charge in [0.2, 0.25) is 0 Å². The highest BCUT2D eigenvalue weighted by molar-refractivity contribution is 5.09. The molecular weight excluding hydrogens is 196 g/mol. The third-order valence-electron chi connectivity index (χ3n) is 4.00. The first kappa shape index (κ1) is 13.5. The Balaban J connectivity index is 2.49. The molecule has 1 N–H and O–H groups in total. The SMILES string of the molecule is CCCC1CCC(C#N)(NC(C)CC)CC1. The van der Waals surface area contributed by atoms with Crippen LogP contribution < -0.4 is 5.32 Å². The van der Waals surface area contributed by atoms with E-state index in [4.69, 9.17) is 0 Å². The van der Waals surface area contributed by atoms with Crippen molar-refractivity contribution in [3.63, 3.8) is 0 Å². The van der Waals surface area contributed by atoms with Gasteiger partial charge in [0.1, 0.15) is 5.54 Å². The summed E-state index contributed by atoms with van der Waals surface area (Å²) < 4.78 is 0. The molecule has 0 radical (unpaired) electrons. The van der Waals surface area contributed by atoms with Crippen molar-refractivity contribution in [2.24, 2.45) is 5.92 Å². The minimum atomic E-state index is -0.223. The van der Waals surface area contributed by atoms with E-state index >= 15 is 0 Å². The van der Waals surface area contributed by atoms with Crippen LogP contribution in [0.15, 0.2) is 0 Å². The lowest BCUT2D eigenvalue weighted by Gasteiger charge is -2.37. The zero-order chi connectivity index (χ0) is 12.0. The second-order valence-electron chi connectivity index (χ2n) is 5.38. The molecule has 1 unspecified atom stereocenters. The van der Waals surface area contributed by atoms with Crippen LogP contribution >= 0.6 is 0 Å². The molecule has 0 amide bonds. The fraction of sp³-hybridized carbons (Fsp3) is 0.929. The van der Waals surface area contributed by atoms with Crippen molar-refractivity contribution >= 4 is 0 Å². The maximum Gasteiger partial charge on any atom is 0.106 e. The molecule has 0 aromatic heterocycles. The summed E-state index contributed by atoms with van der Waals surface area (Å²) in [5.74, 6) is 0.866. The molecule has 1 rings (SSSR count). The van der Waals surface area contributed by atoms with E-state index in [1.165, 1.54) is 25.7 Å². The summed E-state index contributed by atoms with van der Waals surface area (Å²) in [7, 11) is 0. The van der Waals surface area contributed by atoms with E-state index in [-0.39, 0.29) is 5.54 Å². The molecule has 2 heteroatoms. The Bertz CT molecular complexity index is 234. The van der Waals surface area contributed by atoms with Crippen molar-refractivity contribution < 1.29 is 0 Å². The van der Waals surface area contributed by atoms with Crippen LogP contribution in [-0.4, -0.2) is 11.6 Å². The van der Waals surface area contributed by atoms with Gasteiger partial charge >= 0.3 is 0 Å². The largest absolute Gasteiger partial charge is 0.297 e. The molecule has 92 valence electrons. The molecule has 0 aromatic rings. The molecule has 0 aromatic carbocycles. The molecule has 1 aliphatic rings. The number of nitrogens with one attached hydrogen (secondary N) is 1. The van der Waals surface area contributed by atoms with Crippen molar-refractivity contribution in [2.45, 2.75) is 77.3 Å². The summed E-state index contributed by atoms with van der Waals surface area (Å²) in [6.45, 7) is 6.60. The Morgan fingerprint density at radius 2 is 2.00 bits per heavy atom. The standard InChI is InChI=1S/C14H26N2/c1-4-6-13-7-9-14(11-15,10-8-13)16-12(3)5-2/h12-13,16H,4-10H2,1-3H3. The maximum atomic E-state index is 9.39. The van der Waals surface area contributed by atoms with Gasteiger partial charge in [0, 0.05) is 6.04 Å². The van der Waals surface area contributed by atoms with E-state index in [9.17, 15) is 5.26 Å². The summed E-state index contributed by atoms with van der Waals surface area (Å²) >= 11 is 0. The van der Waals surface area contributed by atoms with Crippen LogP contribution in [0.3, 0.4) is 0 Å². The summed E-state index contributed by atoms with van der Waals surface area (Å²) in [6, 6.07) is 2.99. The molecular formula is C14H26N2. The van der Waals surface area contributed by atoms with Crippen molar-refractivity contribution in [3.8, 4) is 6.07 Å².